The highest BCUT2D eigenvalue weighted by molar-refractivity contribution is 6.14. The van der Waals surface area contributed by atoms with Crippen LogP contribution in [0.1, 0.15) is 44.6 Å². The van der Waals surface area contributed by atoms with Gasteiger partial charge in [0.15, 0.2) is 5.69 Å². The first-order valence-electron chi connectivity index (χ1n) is 10.7. The first-order chi connectivity index (χ1) is 14.6. The average molecular weight is 401 g/mol. The van der Waals surface area contributed by atoms with Crippen molar-refractivity contribution in [2.24, 2.45) is 0 Å². The summed E-state index contributed by atoms with van der Waals surface area (Å²) in [4.78, 5) is 31.3. The van der Waals surface area contributed by atoms with Gasteiger partial charge in [-0.15, -0.1) is 4.48 Å². The molecule has 1 unspecified atom stereocenters. The summed E-state index contributed by atoms with van der Waals surface area (Å²) >= 11 is 0. The molecule has 1 atom stereocenters. The van der Waals surface area contributed by atoms with E-state index >= 15 is 0 Å². The molecule has 0 radical (unpaired) electrons. The number of fused-ring (bicyclic) bond motifs is 3. The van der Waals surface area contributed by atoms with Crippen molar-refractivity contribution < 1.29 is 9.59 Å². The van der Waals surface area contributed by atoms with Crippen LogP contribution in [0.4, 0.5) is 16.2 Å². The predicted molar refractivity (Wildman–Crippen MR) is 119 cm³/mol. The first-order valence-corrected chi connectivity index (χ1v) is 10.7. The van der Waals surface area contributed by atoms with Crippen LogP contribution >= 0.6 is 0 Å². The summed E-state index contributed by atoms with van der Waals surface area (Å²) in [6.07, 6.45) is 7.23. The van der Waals surface area contributed by atoms with Gasteiger partial charge in [-0.1, -0.05) is 55.7 Å². The third kappa shape index (κ3) is 2.76. The Hall–Kier alpha value is -3.05. The van der Waals surface area contributed by atoms with Crippen molar-refractivity contribution in [1.82, 2.24) is 9.47 Å². The summed E-state index contributed by atoms with van der Waals surface area (Å²) < 4.78 is -0.275. The summed E-state index contributed by atoms with van der Waals surface area (Å²) in [6.45, 7) is 2.05. The average Bonchev–Trinajstić information content (AvgIpc) is 3.06. The van der Waals surface area contributed by atoms with E-state index in [4.69, 9.17) is 0 Å². The number of amides is 3. The van der Waals surface area contributed by atoms with Crippen molar-refractivity contribution >= 4 is 34.2 Å². The molecule has 30 heavy (non-hydrogen) atoms. The molecule has 1 fully saturated rings. The number of urea groups is 1. The van der Waals surface area contributed by atoms with Crippen LogP contribution in [0.25, 0.3) is 10.9 Å². The Bertz CT molecular complexity index is 1150. The van der Waals surface area contributed by atoms with E-state index in [-0.39, 0.29) is 21.8 Å². The summed E-state index contributed by atoms with van der Waals surface area (Å²) in [5.41, 5.74) is 3.39. The smallest absolute Gasteiger partial charge is 0.273 e. The Morgan fingerprint density at radius 3 is 2.53 bits per heavy atom. The molecule has 2 aliphatic rings. The number of pyridine rings is 1. The first kappa shape index (κ1) is 18.9. The molecule has 1 spiro atoms. The van der Waals surface area contributed by atoms with Crippen molar-refractivity contribution in [1.29, 1.82) is 0 Å². The van der Waals surface area contributed by atoms with E-state index in [9.17, 15) is 9.59 Å². The molecule has 1 aliphatic heterocycles. The maximum atomic E-state index is 13.7. The Morgan fingerprint density at radius 1 is 1.00 bits per heavy atom. The van der Waals surface area contributed by atoms with Crippen LogP contribution in [-0.4, -0.2) is 23.5 Å². The van der Waals surface area contributed by atoms with E-state index in [1.165, 1.54) is 18.9 Å². The van der Waals surface area contributed by atoms with Crippen molar-refractivity contribution in [3.8, 4) is 0 Å². The van der Waals surface area contributed by atoms with Crippen molar-refractivity contribution in [2.75, 3.05) is 11.9 Å². The minimum atomic E-state index is -0.297. The fraction of sp³-hybridized carbons (Fsp3) is 0.320. The number of carbonyl (C=O) groups is 2. The second-order valence-electron chi connectivity index (χ2n) is 8.69. The van der Waals surface area contributed by atoms with E-state index in [0.29, 0.717) is 12.2 Å². The highest BCUT2D eigenvalue weighted by Crippen LogP contribution is 2.52. The fourth-order valence-electron chi connectivity index (χ4n) is 5.50. The minimum Gasteiger partial charge on any atom is -0.273 e. The normalized spacial score (nSPS) is 22.0. The van der Waals surface area contributed by atoms with Crippen molar-refractivity contribution in [3.05, 3.63) is 66.4 Å². The fourth-order valence-corrected chi connectivity index (χ4v) is 5.50. The quantitative estimate of drug-likeness (QED) is 0.546. The van der Waals surface area contributed by atoms with Gasteiger partial charge in [0.25, 0.3) is 0 Å². The Kier molecular flexibility index (Phi) is 4.44. The second-order valence-corrected chi connectivity index (χ2v) is 8.69. The molecule has 0 bridgehead atoms. The number of imide groups is 1. The van der Waals surface area contributed by atoms with E-state index in [2.05, 4.69) is 16.4 Å². The summed E-state index contributed by atoms with van der Waals surface area (Å²) in [5, 5.41) is 3.96. The van der Waals surface area contributed by atoms with Crippen molar-refractivity contribution in [3.63, 3.8) is 0 Å². The Labute approximate surface area is 176 Å². The molecule has 152 valence electrons. The van der Waals surface area contributed by atoms with E-state index in [1.54, 1.807) is 6.20 Å². The summed E-state index contributed by atoms with van der Waals surface area (Å²) in [6, 6.07) is 17.4. The molecule has 5 nitrogen and oxygen atoms in total. The maximum absolute atomic E-state index is 13.7. The van der Waals surface area contributed by atoms with Gasteiger partial charge >= 0.3 is 11.9 Å². The standard InChI is InChI=1S/C25H25N3O2/c1-18(29)28(24(30)27-20-15-19-9-3-5-11-22(19)26-16-20)17-25(13-7-2-8-14-25)21-10-4-6-12-23(21)28/h3-6,9-12,15-16H,2,7-8,13-14,17H2,1H3/p+1. The third-order valence-electron chi connectivity index (χ3n) is 6.96. The molecule has 0 saturated heterocycles. The lowest BCUT2D eigenvalue weighted by Crippen LogP contribution is -2.60. The van der Waals surface area contributed by atoms with Crippen molar-refractivity contribution in [2.45, 2.75) is 44.4 Å². The summed E-state index contributed by atoms with van der Waals surface area (Å²) in [5.74, 6) is -0.142. The highest BCUT2D eigenvalue weighted by atomic mass is 16.2. The SMILES string of the molecule is CC(=O)[N+]1(C(=O)Nc2cnc3ccccc3c2)CC2(CCCCC2)c2ccccc21. The van der Waals surface area contributed by atoms with Gasteiger partial charge in [0.1, 0.15) is 6.54 Å². The number of anilines is 1. The predicted octanol–water partition coefficient (Wildman–Crippen LogP) is 5.54. The molecule has 2 aromatic carbocycles. The molecule has 1 aliphatic carbocycles. The number of nitrogens with zero attached hydrogens (tertiary/aromatic N) is 2. The van der Waals surface area contributed by atoms with Crippen LogP contribution < -0.4 is 9.80 Å². The van der Waals surface area contributed by atoms with Crippen LogP contribution in [0.15, 0.2) is 60.8 Å². The molecule has 5 rings (SSSR count). The lowest BCUT2D eigenvalue weighted by Gasteiger charge is -2.34. The zero-order chi connectivity index (χ0) is 20.8. The number of benzene rings is 2. The molecule has 1 saturated carbocycles. The summed E-state index contributed by atoms with van der Waals surface area (Å²) in [7, 11) is 0. The van der Waals surface area contributed by atoms with Crippen LogP contribution in [0.3, 0.4) is 0 Å². The topological polar surface area (TPSA) is 59.1 Å². The second kappa shape index (κ2) is 7.03. The number of hydrogen-bond donors (Lipinski definition) is 1. The molecule has 3 amide bonds. The van der Waals surface area contributed by atoms with Crippen LogP contribution in [0.5, 0.6) is 0 Å². The molecule has 3 aromatic rings. The van der Waals surface area contributed by atoms with Gasteiger partial charge in [-0.05, 0) is 25.0 Å². The number of hydrogen-bond acceptors (Lipinski definition) is 3. The van der Waals surface area contributed by atoms with Gasteiger partial charge in [0, 0.05) is 17.0 Å². The Balaban J connectivity index is 1.57. The van der Waals surface area contributed by atoms with Gasteiger partial charge in [-0.25, -0.2) is 9.59 Å². The Morgan fingerprint density at radius 2 is 1.73 bits per heavy atom. The largest absolute Gasteiger partial charge is 0.433 e. The van der Waals surface area contributed by atoms with Gasteiger partial charge in [0.2, 0.25) is 0 Å². The van der Waals surface area contributed by atoms with Crippen LogP contribution in [0.2, 0.25) is 0 Å². The van der Waals surface area contributed by atoms with E-state index < -0.39 is 0 Å². The monoisotopic (exact) mass is 400 g/mol. The number of carbonyl (C=O) groups excluding carboxylic acids is 2. The molecule has 1 N–H and O–H groups in total. The number of rotatable bonds is 1. The zero-order valence-electron chi connectivity index (χ0n) is 17.2. The molecular weight excluding hydrogens is 374 g/mol. The number of para-hydroxylation sites is 2. The number of quaternary nitrogens is 1. The lowest BCUT2D eigenvalue weighted by atomic mass is 9.71. The lowest BCUT2D eigenvalue weighted by molar-refractivity contribution is -0.125. The third-order valence-corrected chi connectivity index (χ3v) is 6.96. The molecule has 5 heteroatoms. The zero-order valence-corrected chi connectivity index (χ0v) is 17.2. The van der Waals surface area contributed by atoms with Gasteiger partial charge in [0.05, 0.1) is 29.7 Å². The number of aromatic nitrogens is 1. The minimum absolute atomic E-state index is 0.0977. The molecule has 2 heterocycles. The highest BCUT2D eigenvalue weighted by Gasteiger charge is 2.60. The molecule has 1 aromatic heterocycles. The van der Waals surface area contributed by atoms with Crippen LogP contribution in [0, 0.1) is 0 Å². The van der Waals surface area contributed by atoms with E-state index in [0.717, 1.165) is 42.3 Å². The van der Waals surface area contributed by atoms with E-state index in [1.807, 2.05) is 48.5 Å². The number of nitrogens with one attached hydrogen (secondary N) is 1. The molecular formula is C25H26N3O2+. The van der Waals surface area contributed by atoms with Gasteiger partial charge < -0.3 is 0 Å². The van der Waals surface area contributed by atoms with Gasteiger partial charge in [-0.3, -0.25) is 10.3 Å². The van der Waals surface area contributed by atoms with Crippen LogP contribution in [-0.2, 0) is 10.2 Å². The maximum Gasteiger partial charge on any atom is 0.433 e. The van der Waals surface area contributed by atoms with Gasteiger partial charge in [-0.2, -0.15) is 0 Å².